The highest BCUT2D eigenvalue weighted by atomic mass is 79.9. The Hall–Kier alpha value is -1.95. The molecule has 1 N–H and O–H groups in total. The van der Waals surface area contributed by atoms with Crippen LogP contribution in [0.2, 0.25) is 0 Å². The molecule has 0 atom stereocenters. The molecule has 0 fully saturated rings. The molecule has 0 aliphatic carbocycles. The fourth-order valence-corrected chi connectivity index (χ4v) is 3.13. The molecule has 0 bridgehead atoms. The number of hydrogen-bond donors (Lipinski definition) is 1. The number of nitrogens with one attached hydrogen (secondary N) is 1. The van der Waals surface area contributed by atoms with Crippen LogP contribution in [0.15, 0.2) is 39.4 Å². The first kappa shape index (κ1) is 25.3. The standard InChI is InChI=1S/C25H36BrNO4/c1-7-24(3,4)30-19-13-12-18(21(17-19)31-25(5,6)8-2)11-9-10-16-27-23(28)20-14-15-22(26)29-20/h12-15,17H,7-11,16H2,1-6H3,(H,27,28). The van der Waals surface area contributed by atoms with E-state index in [1.165, 1.54) is 0 Å². The normalized spacial score (nSPS) is 12.0. The van der Waals surface area contributed by atoms with Gasteiger partial charge in [-0.2, -0.15) is 0 Å². The first-order chi connectivity index (χ1) is 14.5. The van der Waals surface area contributed by atoms with Crippen molar-refractivity contribution in [3.63, 3.8) is 0 Å². The lowest BCUT2D eigenvalue weighted by molar-refractivity contribution is 0.0920. The van der Waals surface area contributed by atoms with Crippen LogP contribution < -0.4 is 14.8 Å². The van der Waals surface area contributed by atoms with Gasteiger partial charge in [0.25, 0.3) is 5.91 Å². The number of carbonyl (C=O) groups is 1. The molecular weight excluding hydrogens is 458 g/mol. The topological polar surface area (TPSA) is 60.7 Å². The van der Waals surface area contributed by atoms with Gasteiger partial charge in [-0.3, -0.25) is 4.79 Å². The zero-order valence-corrected chi connectivity index (χ0v) is 21.2. The van der Waals surface area contributed by atoms with Crippen molar-refractivity contribution in [2.45, 2.75) is 84.8 Å². The van der Waals surface area contributed by atoms with Gasteiger partial charge in [0.05, 0.1) is 0 Å². The van der Waals surface area contributed by atoms with Crippen molar-refractivity contribution < 1.29 is 18.7 Å². The second kappa shape index (κ2) is 11.1. The summed E-state index contributed by atoms with van der Waals surface area (Å²) in [6.07, 6.45) is 4.50. The first-order valence-electron chi connectivity index (χ1n) is 11.1. The Balaban J connectivity index is 1.97. The van der Waals surface area contributed by atoms with E-state index in [2.05, 4.69) is 68.9 Å². The van der Waals surface area contributed by atoms with E-state index < -0.39 is 0 Å². The van der Waals surface area contributed by atoms with E-state index >= 15 is 0 Å². The maximum Gasteiger partial charge on any atom is 0.287 e. The summed E-state index contributed by atoms with van der Waals surface area (Å²) in [5, 5.41) is 2.90. The SMILES string of the molecule is CCC(C)(C)Oc1ccc(CCCCNC(=O)c2ccc(Br)o2)c(OC(C)(C)CC)c1. The maximum atomic E-state index is 12.1. The van der Waals surface area contributed by atoms with Crippen LogP contribution in [0.25, 0.3) is 0 Å². The number of ether oxygens (including phenoxy) is 2. The summed E-state index contributed by atoms with van der Waals surface area (Å²) in [5.74, 6) is 1.82. The molecule has 6 heteroatoms. The lowest BCUT2D eigenvalue weighted by Gasteiger charge is -2.29. The molecule has 0 aliphatic heterocycles. The van der Waals surface area contributed by atoms with E-state index in [9.17, 15) is 4.79 Å². The van der Waals surface area contributed by atoms with Crippen molar-refractivity contribution >= 4 is 21.8 Å². The molecule has 0 saturated carbocycles. The van der Waals surface area contributed by atoms with Crippen molar-refractivity contribution in [2.75, 3.05) is 6.54 Å². The van der Waals surface area contributed by atoms with Gasteiger partial charge >= 0.3 is 0 Å². The number of carbonyl (C=O) groups excluding carboxylic acids is 1. The summed E-state index contributed by atoms with van der Waals surface area (Å²) in [5.41, 5.74) is 0.684. The van der Waals surface area contributed by atoms with Crippen LogP contribution in [0.1, 0.15) is 83.3 Å². The number of unbranched alkanes of at least 4 members (excludes halogenated alkanes) is 1. The minimum Gasteiger partial charge on any atom is -0.488 e. The number of benzene rings is 1. The van der Waals surface area contributed by atoms with Crippen molar-refractivity contribution in [3.8, 4) is 11.5 Å². The molecule has 1 amide bonds. The molecular formula is C25H36BrNO4. The molecule has 0 radical (unpaired) electrons. The Morgan fingerprint density at radius 1 is 1.00 bits per heavy atom. The van der Waals surface area contributed by atoms with E-state index in [4.69, 9.17) is 13.9 Å². The lowest BCUT2D eigenvalue weighted by Crippen LogP contribution is -2.28. The van der Waals surface area contributed by atoms with Crippen LogP contribution in [0, 0.1) is 0 Å². The van der Waals surface area contributed by atoms with E-state index in [1.54, 1.807) is 12.1 Å². The van der Waals surface area contributed by atoms with Crippen molar-refractivity contribution in [3.05, 3.63) is 46.3 Å². The van der Waals surface area contributed by atoms with Crippen LogP contribution in [0.3, 0.4) is 0 Å². The molecule has 31 heavy (non-hydrogen) atoms. The van der Waals surface area contributed by atoms with Gasteiger partial charge in [-0.05, 0) is 99.5 Å². The largest absolute Gasteiger partial charge is 0.488 e. The quantitative estimate of drug-likeness (QED) is 0.325. The third-order valence-electron chi connectivity index (χ3n) is 5.48. The summed E-state index contributed by atoms with van der Waals surface area (Å²) >= 11 is 3.21. The minimum absolute atomic E-state index is 0.195. The third-order valence-corrected chi connectivity index (χ3v) is 5.90. The molecule has 5 nitrogen and oxygen atoms in total. The molecule has 0 aliphatic rings. The van der Waals surface area contributed by atoms with Gasteiger partial charge in [0.1, 0.15) is 22.7 Å². The number of halogens is 1. The summed E-state index contributed by atoms with van der Waals surface area (Å²) in [6, 6.07) is 9.50. The Bertz CT molecular complexity index is 857. The fourth-order valence-electron chi connectivity index (χ4n) is 2.83. The summed E-state index contributed by atoms with van der Waals surface area (Å²) < 4.78 is 18.4. The second-order valence-corrected chi connectivity index (χ2v) is 9.80. The Labute approximate surface area is 195 Å². The van der Waals surface area contributed by atoms with Crippen LogP contribution >= 0.6 is 15.9 Å². The molecule has 1 aromatic heterocycles. The molecule has 0 unspecified atom stereocenters. The van der Waals surface area contributed by atoms with Gasteiger partial charge in [-0.1, -0.05) is 19.9 Å². The van der Waals surface area contributed by atoms with Crippen LogP contribution in [0.5, 0.6) is 11.5 Å². The van der Waals surface area contributed by atoms with Crippen molar-refractivity contribution in [1.29, 1.82) is 0 Å². The maximum absolute atomic E-state index is 12.1. The summed E-state index contributed by atoms with van der Waals surface area (Å²) in [6.45, 7) is 13.2. The minimum atomic E-state index is -0.251. The Morgan fingerprint density at radius 2 is 1.68 bits per heavy atom. The second-order valence-electron chi connectivity index (χ2n) is 9.02. The van der Waals surface area contributed by atoms with Gasteiger partial charge < -0.3 is 19.2 Å². The van der Waals surface area contributed by atoms with E-state index in [0.29, 0.717) is 17.0 Å². The predicted octanol–water partition coefficient (Wildman–Crippen LogP) is 6.93. The van der Waals surface area contributed by atoms with E-state index in [-0.39, 0.29) is 17.1 Å². The van der Waals surface area contributed by atoms with Gasteiger partial charge in [0.15, 0.2) is 10.4 Å². The summed E-state index contributed by atoms with van der Waals surface area (Å²) in [4.78, 5) is 12.1. The smallest absolute Gasteiger partial charge is 0.287 e. The highest BCUT2D eigenvalue weighted by molar-refractivity contribution is 9.10. The molecule has 2 aromatic rings. The highest BCUT2D eigenvalue weighted by Gasteiger charge is 2.21. The average Bonchev–Trinajstić information content (AvgIpc) is 3.15. The average molecular weight is 494 g/mol. The van der Waals surface area contributed by atoms with Gasteiger partial charge in [0.2, 0.25) is 0 Å². The van der Waals surface area contributed by atoms with Gasteiger partial charge in [0, 0.05) is 12.6 Å². The van der Waals surface area contributed by atoms with Crippen molar-refractivity contribution in [2.24, 2.45) is 0 Å². The molecule has 0 spiro atoms. The number of hydrogen-bond acceptors (Lipinski definition) is 4. The van der Waals surface area contributed by atoms with E-state index in [0.717, 1.165) is 49.2 Å². The molecule has 1 heterocycles. The first-order valence-corrected chi connectivity index (χ1v) is 11.9. The zero-order valence-electron chi connectivity index (χ0n) is 19.6. The molecule has 172 valence electrons. The zero-order chi connectivity index (χ0) is 23.1. The van der Waals surface area contributed by atoms with E-state index in [1.807, 2.05) is 12.1 Å². The number of rotatable bonds is 12. The molecule has 2 rings (SSSR count). The monoisotopic (exact) mass is 493 g/mol. The van der Waals surface area contributed by atoms with Crippen molar-refractivity contribution in [1.82, 2.24) is 5.32 Å². The molecule has 1 aromatic carbocycles. The lowest BCUT2D eigenvalue weighted by atomic mass is 10.0. The number of furan rings is 1. The Morgan fingerprint density at radius 3 is 2.29 bits per heavy atom. The number of aryl methyl sites for hydroxylation is 1. The van der Waals surface area contributed by atoms with Crippen LogP contribution in [-0.2, 0) is 6.42 Å². The van der Waals surface area contributed by atoms with Crippen LogP contribution in [0.4, 0.5) is 0 Å². The fraction of sp³-hybridized carbons (Fsp3) is 0.560. The molecule has 0 saturated heterocycles. The van der Waals surface area contributed by atoms with Gasteiger partial charge in [-0.25, -0.2) is 0 Å². The highest BCUT2D eigenvalue weighted by Crippen LogP contribution is 2.32. The Kier molecular flexibility index (Phi) is 9.04. The summed E-state index contributed by atoms with van der Waals surface area (Å²) in [7, 11) is 0. The number of amides is 1. The van der Waals surface area contributed by atoms with Gasteiger partial charge in [-0.15, -0.1) is 0 Å². The predicted molar refractivity (Wildman–Crippen MR) is 128 cm³/mol. The third kappa shape index (κ3) is 8.24. The van der Waals surface area contributed by atoms with Crippen LogP contribution in [-0.4, -0.2) is 23.7 Å².